The largest absolute Gasteiger partial charge is 0.378 e. The van der Waals surface area contributed by atoms with E-state index in [-0.39, 0.29) is 11.7 Å². The van der Waals surface area contributed by atoms with Crippen molar-refractivity contribution >= 4 is 34.0 Å². The minimum absolute atomic E-state index is 0.00980. The molecule has 0 bridgehead atoms. The number of hydrogen-bond acceptors (Lipinski definition) is 5. The Bertz CT molecular complexity index is 530. The second-order valence-electron chi connectivity index (χ2n) is 6.75. The van der Waals surface area contributed by atoms with Gasteiger partial charge in [0.25, 0.3) is 0 Å². The lowest BCUT2D eigenvalue weighted by atomic mass is 9.84. The summed E-state index contributed by atoms with van der Waals surface area (Å²) in [7, 11) is -0.828. The minimum Gasteiger partial charge on any atom is -0.378 e. The van der Waals surface area contributed by atoms with Crippen molar-refractivity contribution < 1.29 is 33.0 Å². The Morgan fingerprint density at radius 1 is 1.26 bits per heavy atom. The van der Waals surface area contributed by atoms with Crippen LogP contribution in [-0.2, 0) is 30.2 Å². The molecule has 0 heterocycles. The predicted molar refractivity (Wildman–Crippen MR) is 94.6 cm³/mol. The Morgan fingerprint density at radius 2 is 1.83 bits per heavy atom. The quantitative estimate of drug-likeness (QED) is 0.467. The highest BCUT2D eigenvalue weighted by molar-refractivity contribution is 8.07. The van der Waals surface area contributed by atoms with Crippen molar-refractivity contribution in [3.8, 4) is 0 Å². The SMILES string of the molecule is B[C@H]1C[C@H](/C=C/P(=O)(O)O)[C@@H](OC)[C@H]1OP(O)(=S)OC(C)(C)C. The molecule has 0 spiro atoms. The summed E-state index contributed by atoms with van der Waals surface area (Å²) < 4.78 is 27.5. The molecule has 1 unspecified atom stereocenters. The van der Waals surface area contributed by atoms with Gasteiger partial charge >= 0.3 is 14.3 Å². The molecule has 134 valence electrons. The molecule has 1 aliphatic carbocycles. The van der Waals surface area contributed by atoms with Crippen LogP contribution >= 0.6 is 14.3 Å². The lowest BCUT2D eigenvalue weighted by Crippen LogP contribution is -2.31. The van der Waals surface area contributed by atoms with Crippen LogP contribution < -0.4 is 0 Å². The second kappa shape index (κ2) is 7.77. The average molecular weight is 386 g/mol. The molecule has 1 rings (SSSR count). The Hall–Kier alpha value is 0.445. The van der Waals surface area contributed by atoms with Crippen molar-refractivity contribution in [3.63, 3.8) is 0 Å². The van der Waals surface area contributed by atoms with Crippen molar-refractivity contribution in [2.75, 3.05) is 7.11 Å². The molecule has 0 aromatic carbocycles. The van der Waals surface area contributed by atoms with Crippen molar-refractivity contribution in [2.24, 2.45) is 5.92 Å². The summed E-state index contributed by atoms with van der Waals surface area (Å²) in [5, 5.41) is 0. The van der Waals surface area contributed by atoms with Gasteiger partial charge in [0.15, 0.2) is 0 Å². The first-order valence-electron chi connectivity index (χ1n) is 7.23. The number of rotatable bonds is 6. The summed E-state index contributed by atoms with van der Waals surface area (Å²) in [5.41, 5.74) is -0.644. The molecule has 0 radical (unpaired) electrons. The van der Waals surface area contributed by atoms with Crippen molar-refractivity contribution in [3.05, 3.63) is 11.9 Å². The smallest absolute Gasteiger partial charge is 0.348 e. The van der Waals surface area contributed by atoms with Gasteiger partial charge in [-0.1, -0.05) is 6.08 Å². The third-order valence-corrected chi connectivity index (χ3v) is 5.72. The maximum absolute atomic E-state index is 11.0. The molecule has 0 aliphatic heterocycles. The van der Waals surface area contributed by atoms with E-state index in [0.717, 1.165) is 5.82 Å². The number of ether oxygens (including phenoxy) is 1. The predicted octanol–water partition coefficient (Wildman–Crippen LogP) is 1.55. The molecule has 23 heavy (non-hydrogen) atoms. The van der Waals surface area contributed by atoms with E-state index in [2.05, 4.69) is 0 Å². The molecular weight excluding hydrogens is 361 g/mol. The Labute approximate surface area is 143 Å². The van der Waals surface area contributed by atoms with E-state index in [9.17, 15) is 9.46 Å². The fraction of sp³-hybridized carbons (Fsp3) is 0.833. The molecule has 1 fully saturated rings. The second-order valence-corrected chi connectivity index (χ2v) is 10.9. The molecule has 0 amide bonds. The molecule has 3 N–H and O–H groups in total. The average Bonchev–Trinajstić information content (AvgIpc) is 2.58. The summed E-state index contributed by atoms with van der Waals surface area (Å²) in [5.74, 6) is 0.626. The van der Waals surface area contributed by atoms with Crippen LogP contribution in [0.5, 0.6) is 0 Å². The highest BCUT2D eigenvalue weighted by atomic mass is 32.5. The van der Waals surface area contributed by atoms with Gasteiger partial charge in [0.2, 0.25) is 0 Å². The van der Waals surface area contributed by atoms with Crippen molar-refractivity contribution in [2.45, 2.75) is 50.8 Å². The van der Waals surface area contributed by atoms with Crippen molar-refractivity contribution in [1.29, 1.82) is 0 Å². The zero-order valence-corrected chi connectivity index (χ0v) is 16.6. The van der Waals surface area contributed by atoms with E-state index >= 15 is 0 Å². The van der Waals surface area contributed by atoms with E-state index in [1.807, 2.05) is 7.85 Å². The first kappa shape index (κ1) is 21.5. The van der Waals surface area contributed by atoms with Gasteiger partial charge in [-0.05, 0) is 44.8 Å². The van der Waals surface area contributed by atoms with Crippen LogP contribution in [0.2, 0.25) is 5.82 Å². The Morgan fingerprint density at radius 3 is 2.26 bits per heavy atom. The molecule has 0 saturated heterocycles. The standard InChI is InChI=1S/C12H25BO7P2S/c1-12(2,3)20-22(17,23)19-11-9(13)7-8(10(11)18-4)5-6-21(14,15)16/h5-6,8-11H,7,13H2,1-4H3,(H,17,23)(H2,14,15,16)/b6-5+/t8-,9-,10+,11-,22?/m0/s1. The normalized spacial score (nSPS) is 32.3. The van der Waals surface area contributed by atoms with Gasteiger partial charge in [0.05, 0.1) is 17.8 Å². The Kier molecular flexibility index (Phi) is 7.26. The summed E-state index contributed by atoms with van der Waals surface area (Å²) in [4.78, 5) is 28.2. The van der Waals surface area contributed by atoms with Crippen LogP contribution in [-0.4, -0.2) is 47.4 Å². The fourth-order valence-corrected chi connectivity index (χ4v) is 5.45. The molecule has 1 aliphatic rings. The van der Waals surface area contributed by atoms with Gasteiger partial charge in [0, 0.05) is 18.8 Å². The summed E-state index contributed by atoms with van der Waals surface area (Å²) >= 11 is 5.07. The highest BCUT2D eigenvalue weighted by Crippen LogP contribution is 2.53. The van der Waals surface area contributed by atoms with Crippen LogP contribution in [0.1, 0.15) is 27.2 Å². The van der Waals surface area contributed by atoms with Gasteiger partial charge in [-0.3, -0.25) is 4.57 Å². The fourth-order valence-electron chi connectivity index (χ4n) is 2.67. The van der Waals surface area contributed by atoms with Crippen LogP contribution in [0, 0.1) is 5.92 Å². The monoisotopic (exact) mass is 386 g/mol. The molecule has 1 saturated carbocycles. The number of methoxy groups -OCH3 is 1. The van der Waals surface area contributed by atoms with E-state index in [1.54, 1.807) is 20.8 Å². The topological polar surface area (TPSA) is 105 Å². The minimum atomic E-state index is -4.23. The van der Waals surface area contributed by atoms with E-state index in [0.29, 0.717) is 6.42 Å². The van der Waals surface area contributed by atoms with Crippen LogP contribution in [0.25, 0.3) is 0 Å². The van der Waals surface area contributed by atoms with Crippen LogP contribution in [0.3, 0.4) is 0 Å². The van der Waals surface area contributed by atoms with E-state index in [1.165, 1.54) is 13.2 Å². The molecule has 0 aromatic rings. The van der Waals surface area contributed by atoms with Gasteiger partial charge in [0.1, 0.15) is 7.85 Å². The van der Waals surface area contributed by atoms with Crippen molar-refractivity contribution in [1.82, 2.24) is 0 Å². The maximum Gasteiger partial charge on any atom is 0.348 e. The van der Waals surface area contributed by atoms with Gasteiger partial charge in [-0.25, -0.2) is 0 Å². The number of hydrogen-bond donors (Lipinski definition) is 3. The summed E-state index contributed by atoms with van der Waals surface area (Å²) in [6.07, 6.45) is 1.07. The molecule has 0 aromatic heterocycles. The molecular formula is C12H25BO7P2S. The maximum atomic E-state index is 11.0. The zero-order valence-electron chi connectivity index (χ0n) is 13.9. The lowest BCUT2D eigenvalue weighted by molar-refractivity contribution is -0.00962. The first-order valence-corrected chi connectivity index (χ1v) is 11.5. The first-order chi connectivity index (χ1) is 10.2. The summed E-state index contributed by atoms with van der Waals surface area (Å²) in [6, 6.07) is 0. The van der Waals surface area contributed by atoms with E-state index < -0.39 is 32.1 Å². The highest BCUT2D eigenvalue weighted by Gasteiger charge is 2.44. The third kappa shape index (κ3) is 7.47. The molecule has 7 nitrogen and oxygen atoms in total. The van der Waals surface area contributed by atoms with E-state index in [4.69, 9.17) is 35.4 Å². The molecule has 5 atom stereocenters. The summed E-state index contributed by atoms with van der Waals surface area (Å²) in [6.45, 7) is 1.85. The zero-order chi connectivity index (χ0) is 18.1. The van der Waals surface area contributed by atoms with Gasteiger partial charge in [-0.15, -0.1) is 0 Å². The third-order valence-electron chi connectivity index (χ3n) is 3.39. The van der Waals surface area contributed by atoms with Crippen LogP contribution in [0.4, 0.5) is 0 Å². The van der Waals surface area contributed by atoms with Gasteiger partial charge < -0.3 is 28.5 Å². The Balaban J connectivity index is 2.89. The van der Waals surface area contributed by atoms with Gasteiger partial charge in [-0.2, -0.15) is 0 Å². The van der Waals surface area contributed by atoms with Crippen LogP contribution in [0.15, 0.2) is 11.9 Å². The lowest BCUT2D eigenvalue weighted by Gasteiger charge is -2.31. The molecule has 11 heteroatoms.